The lowest BCUT2D eigenvalue weighted by Crippen LogP contribution is -2.56. The largest absolute Gasteiger partial charge is 0.368 e. The first kappa shape index (κ1) is 9.13. The molecular weight excluding hydrogens is 156 g/mol. The van der Waals surface area contributed by atoms with Crippen LogP contribution in [0, 0.1) is 5.41 Å². The molecule has 1 heterocycles. The molecule has 0 aromatic heterocycles. The van der Waals surface area contributed by atoms with Gasteiger partial charge < -0.3 is 9.53 Å². The minimum atomic E-state index is -0.608. The first-order valence-corrected chi connectivity index (χ1v) is 3.95. The average molecular weight is 168 g/mol. The van der Waals surface area contributed by atoms with Crippen LogP contribution in [0.15, 0.2) is 12.7 Å². The van der Waals surface area contributed by atoms with Gasteiger partial charge in [-0.1, -0.05) is 13.5 Å². The lowest BCUT2D eigenvalue weighted by molar-refractivity contribution is -0.187. The number of ether oxygens (including phenoxy) is 1. The summed E-state index contributed by atoms with van der Waals surface area (Å²) < 4.78 is 4.97. The monoisotopic (exact) mass is 168 g/mol. The summed E-state index contributed by atoms with van der Waals surface area (Å²) >= 11 is 0. The van der Waals surface area contributed by atoms with Crippen molar-refractivity contribution in [2.24, 2.45) is 5.41 Å². The van der Waals surface area contributed by atoms with E-state index in [0.717, 1.165) is 0 Å². The molecule has 2 atom stereocenters. The van der Waals surface area contributed by atoms with Crippen LogP contribution in [0.3, 0.4) is 0 Å². The van der Waals surface area contributed by atoms with E-state index in [2.05, 4.69) is 6.58 Å². The van der Waals surface area contributed by atoms with Crippen molar-refractivity contribution >= 4 is 12.1 Å². The molecule has 3 nitrogen and oxygen atoms in total. The molecule has 0 aromatic rings. The number of carbonyl (C=O) groups excluding carboxylic acids is 2. The van der Waals surface area contributed by atoms with E-state index in [0.29, 0.717) is 19.3 Å². The van der Waals surface area contributed by atoms with Crippen LogP contribution in [-0.4, -0.2) is 24.8 Å². The first-order valence-electron chi connectivity index (χ1n) is 3.95. The SMILES string of the molecule is C=CC(=O)C1(CC)COC1C=O. The van der Waals surface area contributed by atoms with E-state index in [1.165, 1.54) is 6.08 Å². The molecule has 2 unspecified atom stereocenters. The molecule has 1 aliphatic heterocycles. The predicted molar refractivity (Wildman–Crippen MR) is 43.7 cm³/mol. The summed E-state index contributed by atoms with van der Waals surface area (Å²) in [6.45, 7) is 5.62. The molecule has 0 aliphatic carbocycles. The molecule has 0 radical (unpaired) electrons. The van der Waals surface area contributed by atoms with Crippen molar-refractivity contribution < 1.29 is 14.3 Å². The number of ketones is 1. The molecule has 12 heavy (non-hydrogen) atoms. The maximum absolute atomic E-state index is 11.4. The van der Waals surface area contributed by atoms with E-state index in [1.807, 2.05) is 6.92 Å². The minimum Gasteiger partial charge on any atom is -0.368 e. The van der Waals surface area contributed by atoms with Crippen LogP contribution in [0.5, 0.6) is 0 Å². The van der Waals surface area contributed by atoms with Crippen molar-refractivity contribution in [1.82, 2.24) is 0 Å². The van der Waals surface area contributed by atoms with E-state index in [9.17, 15) is 9.59 Å². The van der Waals surface area contributed by atoms with E-state index in [1.54, 1.807) is 0 Å². The van der Waals surface area contributed by atoms with Gasteiger partial charge in [-0.15, -0.1) is 0 Å². The Bertz CT molecular complexity index is 218. The Labute approximate surface area is 71.4 Å². The summed E-state index contributed by atoms with van der Waals surface area (Å²) in [5.74, 6) is -0.0895. The molecule has 0 N–H and O–H groups in total. The molecule has 0 amide bonds. The van der Waals surface area contributed by atoms with Crippen LogP contribution in [0.1, 0.15) is 13.3 Å². The third-order valence-corrected chi connectivity index (χ3v) is 2.50. The van der Waals surface area contributed by atoms with Crippen molar-refractivity contribution in [3.63, 3.8) is 0 Å². The fraction of sp³-hybridized carbons (Fsp3) is 0.556. The summed E-state index contributed by atoms with van der Waals surface area (Å²) in [5, 5.41) is 0. The number of carbonyl (C=O) groups is 2. The van der Waals surface area contributed by atoms with Gasteiger partial charge in [0, 0.05) is 0 Å². The second-order valence-electron chi connectivity index (χ2n) is 2.95. The Kier molecular flexibility index (Phi) is 2.43. The van der Waals surface area contributed by atoms with Crippen LogP contribution in [0.25, 0.3) is 0 Å². The van der Waals surface area contributed by atoms with Gasteiger partial charge >= 0.3 is 0 Å². The van der Waals surface area contributed by atoms with Crippen LogP contribution >= 0.6 is 0 Å². The van der Waals surface area contributed by atoms with Crippen molar-refractivity contribution in [1.29, 1.82) is 0 Å². The van der Waals surface area contributed by atoms with Crippen LogP contribution in [-0.2, 0) is 14.3 Å². The molecule has 0 spiro atoms. The Morgan fingerprint density at radius 1 is 1.83 bits per heavy atom. The number of allylic oxidation sites excluding steroid dienone is 1. The maximum atomic E-state index is 11.4. The van der Waals surface area contributed by atoms with Crippen molar-refractivity contribution in [3.05, 3.63) is 12.7 Å². The quantitative estimate of drug-likeness (QED) is 0.459. The van der Waals surface area contributed by atoms with Crippen molar-refractivity contribution in [2.75, 3.05) is 6.61 Å². The Morgan fingerprint density at radius 2 is 2.50 bits per heavy atom. The fourth-order valence-corrected chi connectivity index (χ4v) is 1.44. The predicted octanol–water partition coefficient (Wildman–Crippen LogP) is 0.736. The van der Waals surface area contributed by atoms with Gasteiger partial charge in [-0.3, -0.25) is 4.79 Å². The van der Waals surface area contributed by atoms with Gasteiger partial charge in [0.25, 0.3) is 0 Å². The number of hydrogen-bond donors (Lipinski definition) is 0. The summed E-state index contributed by atoms with van der Waals surface area (Å²) in [5.41, 5.74) is -0.608. The zero-order valence-corrected chi connectivity index (χ0v) is 7.08. The Hall–Kier alpha value is -0.960. The van der Waals surface area contributed by atoms with Crippen molar-refractivity contribution in [2.45, 2.75) is 19.4 Å². The van der Waals surface area contributed by atoms with Gasteiger partial charge in [-0.25, -0.2) is 0 Å². The normalized spacial score (nSPS) is 33.6. The molecule has 0 saturated carbocycles. The molecule has 0 bridgehead atoms. The molecule has 66 valence electrons. The number of hydrogen-bond acceptors (Lipinski definition) is 3. The van der Waals surface area contributed by atoms with Gasteiger partial charge in [0.15, 0.2) is 5.78 Å². The third kappa shape index (κ3) is 1.01. The van der Waals surface area contributed by atoms with Crippen molar-refractivity contribution in [3.8, 4) is 0 Å². The van der Waals surface area contributed by atoms with Gasteiger partial charge in [-0.05, 0) is 12.5 Å². The maximum Gasteiger partial charge on any atom is 0.166 e. The van der Waals surface area contributed by atoms with Crippen LogP contribution in [0.4, 0.5) is 0 Å². The second-order valence-corrected chi connectivity index (χ2v) is 2.95. The highest BCUT2D eigenvalue weighted by atomic mass is 16.5. The zero-order chi connectivity index (χ0) is 9.19. The lowest BCUT2D eigenvalue weighted by Gasteiger charge is -2.43. The zero-order valence-electron chi connectivity index (χ0n) is 7.08. The molecule has 3 heteroatoms. The summed E-state index contributed by atoms with van der Waals surface area (Å²) in [7, 11) is 0. The van der Waals surface area contributed by atoms with E-state index in [-0.39, 0.29) is 5.78 Å². The topological polar surface area (TPSA) is 43.4 Å². The second kappa shape index (κ2) is 3.19. The highest BCUT2D eigenvalue weighted by molar-refractivity contribution is 5.97. The third-order valence-electron chi connectivity index (χ3n) is 2.50. The summed E-state index contributed by atoms with van der Waals surface area (Å²) in [6.07, 6.45) is 2.02. The highest BCUT2D eigenvalue weighted by Crippen LogP contribution is 2.38. The van der Waals surface area contributed by atoms with Gasteiger partial charge in [0.2, 0.25) is 0 Å². The molecule has 1 fully saturated rings. The number of aldehydes is 1. The van der Waals surface area contributed by atoms with E-state index < -0.39 is 11.5 Å². The molecule has 1 aliphatic rings. The smallest absolute Gasteiger partial charge is 0.166 e. The first-order chi connectivity index (χ1) is 5.71. The molecule has 1 rings (SSSR count). The van der Waals surface area contributed by atoms with E-state index in [4.69, 9.17) is 4.74 Å². The molecule has 1 saturated heterocycles. The number of rotatable bonds is 4. The van der Waals surface area contributed by atoms with Gasteiger partial charge in [-0.2, -0.15) is 0 Å². The van der Waals surface area contributed by atoms with Crippen LogP contribution in [0.2, 0.25) is 0 Å². The Morgan fingerprint density at radius 3 is 2.75 bits per heavy atom. The van der Waals surface area contributed by atoms with Gasteiger partial charge in [0.05, 0.1) is 12.0 Å². The van der Waals surface area contributed by atoms with Gasteiger partial charge in [0.1, 0.15) is 12.4 Å². The standard InChI is InChI=1S/C9H12O3/c1-3-7(11)9(4-2)6-12-8(9)5-10/h3,5,8H,1,4,6H2,2H3. The Balaban J connectivity index is 2.83. The summed E-state index contributed by atoms with van der Waals surface area (Å²) in [4.78, 5) is 21.8. The molecule has 0 aromatic carbocycles. The van der Waals surface area contributed by atoms with Crippen LogP contribution < -0.4 is 0 Å². The highest BCUT2D eigenvalue weighted by Gasteiger charge is 2.51. The van der Waals surface area contributed by atoms with E-state index >= 15 is 0 Å². The fourth-order valence-electron chi connectivity index (χ4n) is 1.44. The average Bonchev–Trinajstić information content (AvgIpc) is 2.05. The summed E-state index contributed by atoms with van der Waals surface area (Å²) in [6, 6.07) is 0. The lowest BCUT2D eigenvalue weighted by atomic mass is 9.73. The molecular formula is C9H12O3. The minimum absolute atomic E-state index is 0.0895.